The molecule has 24 heavy (non-hydrogen) atoms. The maximum Gasteiger partial charge on any atom is 0.415 e. The van der Waals surface area contributed by atoms with Gasteiger partial charge in [0.1, 0.15) is 12.4 Å². The number of ether oxygens (including phenoxy) is 2. The lowest BCUT2D eigenvalue weighted by Crippen LogP contribution is -2.42. The summed E-state index contributed by atoms with van der Waals surface area (Å²) in [4.78, 5) is 14.4. The van der Waals surface area contributed by atoms with Crippen molar-refractivity contribution in [2.24, 2.45) is 0 Å². The lowest BCUT2D eigenvalue weighted by Gasteiger charge is -2.35. The van der Waals surface area contributed by atoms with Crippen LogP contribution in [0.2, 0.25) is 0 Å². The summed E-state index contributed by atoms with van der Waals surface area (Å²) < 4.78 is 12.0. The van der Waals surface area contributed by atoms with Gasteiger partial charge in [0.05, 0.1) is 12.8 Å². The van der Waals surface area contributed by atoms with Gasteiger partial charge in [-0.1, -0.05) is 46.3 Å². The molecule has 1 aliphatic rings. The molecule has 0 aromatic heterocycles. The molecule has 1 atom stereocenters. The Labute approximate surface area is 150 Å². The molecule has 5 heteroatoms. The van der Waals surface area contributed by atoms with Crippen LogP contribution in [-0.2, 0) is 17.8 Å². The molecule has 0 saturated carbocycles. The minimum Gasteiger partial charge on any atom is -0.495 e. The number of amides is 1. The fraction of sp³-hybridized carbons (Fsp3) is 0.316. The van der Waals surface area contributed by atoms with E-state index in [1.54, 1.807) is 12.0 Å². The van der Waals surface area contributed by atoms with Crippen LogP contribution in [0.1, 0.15) is 24.5 Å². The largest absolute Gasteiger partial charge is 0.495 e. The van der Waals surface area contributed by atoms with Crippen molar-refractivity contribution in [1.82, 2.24) is 0 Å². The summed E-state index contributed by atoms with van der Waals surface area (Å²) in [5.41, 5.74) is 2.88. The Morgan fingerprint density at radius 3 is 2.75 bits per heavy atom. The lowest BCUT2D eigenvalue weighted by atomic mass is 9.96. The second-order valence-electron chi connectivity index (χ2n) is 5.91. The Kier molecular flexibility index (Phi) is 5.09. The number of hydrogen-bond acceptors (Lipinski definition) is 3. The molecule has 2 aromatic carbocycles. The van der Waals surface area contributed by atoms with E-state index in [0.29, 0.717) is 5.75 Å². The molecule has 126 valence electrons. The van der Waals surface area contributed by atoms with Crippen molar-refractivity contribution in [3.8, 4) is 5.75 Å². The lowest BCUT2D eigenvalue weighted by molar-refractivity contribution is 0.144. The summed E-state index contributed by atoms with van der Waals surface area (Å²) in [5.74, 6) is 0.683. The first-order valence-electron chi connectivity index (χ1n) is 7.96. The predicted octanol–water partition coefficient (Wildman–Crippen LogP) is 4.94. The maximum absolute atomic E-state index is 12.7. The minimum absolute atomic E-state index is 0.0656. The van der Waals surface area contributed by atoms with Crippen LogP contribution in [0.4, 0.5) is 10.5 Å². The number of aryl methyl sites for hydroxylation is 1. The molecule has 0 spiro atoms. The topological polar surface area (TPSA) is 38.8 Å². The molecule has 0 radical (unpaired) electrons. The van der Waals surface area contributed by atoms with Crippen molar-refractivity contribution in [1.29, 1.82) is 0 Å². The molecule has 0 aliphatic carbocycles. The van der Waals surface area contributed by atoms with Gasteiger partial charge >= 0.3 is 6.09 Å². The van der Waals surface area contributed by atoms with Crippen LogP contribution >= 0.6 is 15.9 Å². The normalized spacial score (nSPS) is 16.5. The van der Waals surface area contributed by atoms with E-state index in [4.69, 9.17) is 9.47 Å². The highest BCUT2D eigenvalue weighted by Gasteiger charge is 2.32. The highest BCUT2D eigenvalue weighted by molar-refractivity contribution is 9.10. The quantitative estimate of drug-likeness (QED) is 0.746. The van der Waals surface area contributed by atoms with E-state index in [9.17, 15) is 4.79 Å². The van der Waals surface area contributed by atoms with Crippen LogP contribution in [0.5, 0.6) is 5.75 Å². The van der Waals surface area contributed by atoms with E-state index in [1.807, 2.05) is 49.4 Å². The average Bonchev–Trinajstić information content (AvgIpc) is 2.60. The zero-order valence-corrected chi connectivity index (χ0v) is 15.4. The Morgan fingerprint density at radius 1 is 1.29 bits per heavy atom. The van der Waals surface area contributed by atoms with Gasteiger partial charge in [-0.3, -0.25) is 4.90 Å². The molecular weight excluding hydrogens is 370 g/mol. The second kappa shape index (κ2) is 7.26. The maximum atomic E-state index is 12.7. The first kappa shape index (κ1) is 16.8. The Balaban J connectivity index is 1.86. The number of fused-ring (bicyclic) bond motifs is 1. The van der Waals surface area contributed by atoms with Gasteiger partial charge in [0.15, 0.2) is 0 Å². The fourth-order valence-corrected chi connectivity index (χ4v) is 3.51. The molecular formula is C19H20BrNO3. The molecule has 2 aromatic rings. The Bertz CT molecular complexity index is 716. The molecule has 3 rings (SSSR count). The summed E-state index contributed by atoms with van der Waals surface area (Å²) in [6.45, 7) is 2.30. The van der Waals surface area contributed by atoms with Crippen molar-refractivity contribution in [3.05, 3.63) is 58.1 Å². The van der Waals surface area contributed by atoms with Crippen LogP contribution in [0, 0.1) is 0 Å². The summed E-state index contributed by atoms with van der Waals surface area (Å²) >= 11 is 3.50. The van der Waals surface area contributed by atoms with Gasteiger partial charge in [0, 0.05) is 10.5 Å². The molecule has 0 fully saturated rings. The second-order valence-corrected chi connectivity index (χ2v) is 6.83. The highest BCUT2D eigenvalue weighted by Crippen LogP contribution is 2.41. The van der Waals surface area contributed by atoms with Crippen LogP contribution in [0.25, 0.3) is 0 Å². The molecule has 1 amide bonds. The number of carbonyl (C=O) groups is 1. The number of anilines is 1. The van der Waals surface area contributed by atoms with Crippen molar-refractivity contribution in [2.75, 3.05) is 12.0 Å². The zero-order chi connectivity index (χ0) is 17.1. The van der Waals surface area contributed by atoms with Crippen LogP contribution in [0.15, 0.2) is 46.9 Å². The van der Waals surface area contributed by atoms with E-state index in [1.165, 1.54) is 0 Å². The molecule has 0 N–H and O–H groups in total. The summed E-state index contributed by atoms with van der Waals surface area (Å²) in [7, 11) is 1.62. The van der Waals surface area contributed by atoms with Gasteiger partial charge in [-0.2, -0.15) is 0 Å². The van der Waals surface area contributed by atoms with Gasteiger partial charge in [-0.05, 0) is 43.0 Å². The summed E-state index contributed by atoms with van der Waals surface area (Å²) in [6.07, 6.45) is 1.47. The van der Waals surface area contributed by atoms with E-state index >= 15 is 0 Å². The number of carbonyl (C=O) groups excluding carboxylic acids is 1. The van der Waals surface area contributed by atoms with E-state index in [0.717, 1.165) is 34.1 Å². The summed E-state index contributed by atoms with van der Waals surface area (Å²) in [6, 6.07) is 13.7. The number of nitrogens with zero attached hydrogens (tertiary/aromatic N) is 1. The number of methoxy groups -OCH3 is 1. The van der Waals surface area contributed by atoms with E-state index < -0.39 is 0 Å². The van der Waals surface area contributed by atoms with Crippen molar-refractivity contribution in [3.63, 3.8) is 0 Å². The van der Waals surface area contributed by atoms with Crippen LogP contribution in [0.3, 0.4) is 0 Å². The third-order valence-electron chi connectivity index (χ3n) is 4.25. The van der Waals surface area contributed by atoms with E-state index in [-0.39, 0.29) is 18.7 Å². The van der Waals surface area contributed by atoms with Gasteiger partial charge < -0.3 is 9.47 Å². The molecule has 1 heterocycles. The molecule has 1 aliphatic heterocycles. The molecule has 0 saturated heterocycles. The fourth-order valence-electron chi connectivity index (χ4n) is 3.02. The Morgan fingerprint density at radius 2 is 2.04 bits per heavy atom. The standard InChI is InChI=1S/C19H20BrNO3/c1-13-8-9-15-10-16(20)11-17(23-2)18(15)21(13)19(22)24-12-14-6-4-3-5-7-14/h3-7,10-11,13H,8-9,12H2,1-2H3. The monoisotopic (exact) mass is 389 g/mol. The SMILES string of the molecule is COc1cc(Br)cc2c1N(C(=O)OCc1ccccc1)C(C)CC2. The average molecular weight is 390 g/mol. The Hall–Kier alpha value is -2.01. The summed E-state index contributed by atoms with van der Waals surface area (Å²) in [5, 5.41) is 0. The van der Waals surface area contributed by atoms with E-state index in [2.05, 4.69) is 15.9 Å². The number of halogens is 1. The number of hydrogen-bond donors (Lipinski definition) is 0. The van der Waals surface area contributed by atoms with Gasteiger partial charge in [-0.15, -0.1) is 0 Å². The van der Waals surface area contributed by atoms with Gasteiger partial charge in [0.25, 0.3) is 0 Å². The smallest absolute Gasteiger partial charge is 0.415 e. The van der Waals surface area contributed by atoms with Gasteiger partial charge in [0.2, 0.25) is 0 Å². The third kappa shape index (κ3) is 3.41. The molecule has 0 bridgehead atoms. The predicted molar refractivity (Wildman–Crippen MR) is 97.6 cm³/mol. The van der Waals surface area contributed by atoms with Crippen molar-refractivity contribution >= 4 is 27.7 Å². The van der Waals surface area contributed by atoms with Crippen LogP contribution in [-0.4, -0.2) is 19.2 Å². The first-order valence-corrected chi connectivity index (χ1v) is 8.75. The minimum atomic E-state index is -0.340. The number of benzene rings is 2. The van der Waals surface area contributed by atoms with Crippen LogP contribution < -0.4 is 9.64 Å². The molecule has 1 unspecified atom stereocenters. The number of rotatable bonds is 3. The highest BCUT2D eigenvalue weighted by atomic mass is 79.9. The zero-order valence-electron chi connectivity index (χ0n) is 13.8. The van der Waals surface area contributed by atoms with Crippen molar-refractivity contribution < 1.29 is 14.3 Å². The van der Waals surface area contributed by atoms with Gasteiger partial charge in [-0.25, -0.2) is 4.79 Å². The third-order valence-corrected chi connectivity index (χ3v) is 4.71. The van der Waals surface area contributed by atoms with Crippen molar-refractivity contribution in [2.45, 2.75) is 32.4 Å². The molecule has 4 nitrogen and oxygen atoms in total. The first-order chi connectivity index (χ1) is 11.6.